The van der Waals surface area contributed by atoms with Crippen LogP contribution in [-0.2, 0) is 9.59 Å². The normalized spacial score (nSPS) is 16.7. The van der Waals surface area contributed by atoms with Crippen LogP contribution in [-0.4, -0.2) is 68.2 Å². The van der Waals surface area contributed by atoms with Crippen LogP contribution >= 0.6 is 0 Å². The molecule has 0 aliphatic carbocycles. The topological polar surface area (TPSA) is 89.7 Å². The van der Waals surface area contributed by atoms with Crippen molar-refractivity contribution in [1.82, 2.24) is 4.90 Å². The molecule has 2 N–H and O–H groups in total. The maximum Gasteiger partial charge on any atom is 0.295 e. The number of hydrogen-bond donors (Lipinski definition) is 2. The minimum absolute atomic E-state index is 0.0704. The number of ketones is 1. The summed E-state index contributed by atoms with van der Waals surface area (Å²) in [6.07, 6.45) is 2.72. The van der Waals surface area contributed by atoms with Crippen LogP contribution in [0.25, 0.3) is 5.76 Å². The molecule has 1 aliphatic heterocycles. The number of likely N-dealkylation sites (tertiary alicyclic amines) is 1. The molecule has 1 unspecified atom stereocenters. The first-order valence-electron chi connectivity index (χ1n) is 14.1. The lowest BCUT2D eigenvalue weighted by Gasteiger charge is -2.26. The Kier molecular flexibility index (Phi) is 11.2. The molecule has 39 heavy (non-hydrogen) atoms. The van der Waals surface area contributed by atoms with Crippen LogP contribution in [0.3, 0.4) is 0 Å². The molecule has 1 heterocycles. The summed E-state index contributed by atoms with van der Waals surface area (Å²) in [5, 5.41) is 11.4. The van der Waals surface area contributed by atoms with Gasteiger partial charge >= 0.3 is 0 Å². The maximum atomic E-state index is 13.4. The van der Waals surface area contributed by atoms with Gasteiger partial charge in [0.15, 0.2) is 11.5 Å². The van der Waals surface area contributed by atoms with Gasteiger partial charge in [0.1, 0.15) is 11.5 Å². The summed E-state index contributed by atoms with van der Waals surface area (Å²) >= 11 is 0. The van der Waals surface area contributed by atoms with Gasteiger partial charge in [-0.05, 0) is 69.2 Å². The Bertz CT molecular complexity index is 1140. The fraction of sp³-hybridized carbons (Fsp3) is 0.484. The number of ether oxygens (including phenoxy) is 3. The highest BCUT2D eigenvalue weighted by Gasteiger charge is 2.46. The van der Waals surface area contributed by atoms with Gasteiger partial charge in [-0.15, -0.1) is 0 Å². The molecule has 8 heteroatoms. The third-order valence-electron chi connectivity index (χ3n) is 7.17. The molecule has 1 fully saturated rings. The number of aliphatic hydroxyl groups is 1. The Morgan fingerprint density at radius 3 is 2.28 bits per heavy atom. The summed E-state index contributed by atoms with van der Waals surface area (Å²) in [6, 6.07) is 11.6. The van der Waals surface area contributed by atoms with Crippen LogP contribution in [0.15, 0.2) is 48.0 Å². The Labute approximate surface area is 232 Å². The number of unbranched alkanes of at least 4 members (excludes halogenated alkanes) is 1. The zero-order valence-corrected chi connectivity index (χ0v) is 23.9. The van der Waals surface area contributed by atoms with E-state index in [1.54, 1.807) is 48.4 Å². The van der Waals surface area contributed by atoms with E-state index >= 15 is 0 Å². The number of quaternary nitrogens is 1. The Balaban J connectivity index is 2.02. The van der Waals surface area contributed by atoms with E-state index in [0.29, 0.717) is 48.1 Å². The number of aliphatic hydroxyl groups excluding tert-OH is 1. The van der Waals surface area contributed by atoms with E-state index in [-0.39, 0.29) is 11.3 Å². The first kappa shape index (κ1) is 30.0. The molecule has 1 amide bonds. The molecule has 212 valence electrons. The van der Waals surface area contributed by atoms with E-state index < -0.39 is 17.7 Å². The van der Waals surface area contributed by atoms with Crippen molar-refractivity contribution in [3.63, 3.8) is 0 Å². The third-order valence-corrected chi connectivity index (χ3v) is 7.17. The minimum atomic E-state index is -0.748. The minimum Gasteiger partial charge on any atom is -0.507 e. The average molecular weight is 540 g/mol. The molecule has 2 aromatic carbocycles. The van der Waals surface area contributed by atoms with Gasteiger partial charge in [-0.3, -0.25) is 9.59 Å². The van der Waals surface area contributed by atoms with E-state index in [4.69, 9.17) is 14.2 Å². The summed E-state index contributed by atoms with van der Waals surface area (Å²) in [7, 11) is 1.55. The van der Waals surface area contributed by atoms with E-state index in [9.17, 15) is 14.7 Å². The van der Waals surface area contributed by atoms with Crippen LogP contribution in [0.4, 0.5) is 0 Å². The highest BCUT2D eigenvalue weighted by molar-refractivity contribution is 6.46. The SMILES string of the molecule is CCCCOc1ccc(C(O)=C2C(=O)C(=O)N(CCC[NH+](CC)CC)C2c2ccc(OCC)c(OC)c2)cc1. The molecule has 0 saturated carbocycles. The van der Waals surface area contributed by atoms with Crippen molar-refractivity contribution in [2.24, 2.45) is 0 Å². The summed E-state index contributed by atoms with van der Waals surface area (Å²) in [6.45, 7) is 12.6. The number of amides is 1. The number of benzene rings is 2. The number of Topliss-reactive ketones (excluding diaryl/α,β-unsaturated/α-hetero) is 1. The van der Waals surface area contributed by atoms with Gasteiger partial charge in [0.2, 0.25) is 0 Å². The molecule has 0 spiro atoms. The van der Waals surface area contributed by atoms with Gasteiger partial charge in [-0.25, -0.2) is 0 Å². The van der Waals surface area contributed by atoms with Crippen molar-refractivity contribution in [3.05, 3.63) is 59.2 Å². The second kappa shape index (κ2) is 14.6. The molecule has 8 nitrogen and oxygen atoms in total. The van der Waals surface area contributed by atoms with Crippen molar-refractivity contribution in [2.45, 2.75) is 53.0 Å². The van der Waals surface area contributed by atoms with Crippen molar-refractivity contribution in [1.29, 1.82) is 0 Å². The smallest absolute Gasteiger partial charge is 0.295 e. The van der Waals surface area contributed by atoms with Crippen LogP contribution in [0.1, 0.15) is 64.1 Å². The van der Waals surface area contributed by atoms with Crippen LogP contribution in [0, 0.1) is 0 Å². The molecule has 1 atom stereocenters. The number of nitrogens with one attached hydrogen (secondary N) is 1. The van der Waals surface area contributed by atoms with Crippen molar-refractivity contribution in [3.8, 4) is 17.2 Å². The number of hydrogen-bond acceptors (Lipinski definition) is 6. The number of nitrogens with zero attached hydrogens (tertiary/aromatic N) is 1. The van der Waals surface area contributed by atoms with Gasteiger partial charge < -0.3 is 29.1 Å². The summed E-state index contributed by atoms with van der Waals surface area (Å²) in [4.78, 5) is 29.7. The van der Waals surface area contributed by atoms with Crippen LogP contribution < -0.4 is 19.1 Å². The van der Waals surface area contributed by atoms with E-state index in [1.807, 2.05) is 13.0 Å². The molecule has 0 aromatic heterocycles. The van der Waals surface area contributed by atoms with Crippen molar-refractivity contribution < 1.29 is 33.8 Å². The van der Waals surface area contributed by atoms with Gasteiger partial charge in [-0.1, -0.05) is 19.4 Å². The first-order valence-corrected chi connectivity index (χ1v) is 14.1. The molecule has 2 aromatic rings. The lowest BCUT2D eigenvalue weighted by Crippen LogP contribution is -3.11. The van der Waals surface area contributed by atoms with Crippen LogP contribution in [0.2, 0.25) is 0 Å². The summed E-state index contributed by atoms with van der Waals surface area (Å²) in [5.41, 5.74) is 1.19. The molecule has 1 saturated heterocycles. The fourth-order valence-corrected chi connectivity index (χ4v) is 4.89. The highest BCUT2D eigenvalue weighted by atomic mass is 16.5. The zero-order chi connectivity index (χ0) is 28.4. The Hall–Kier alpha value is -3.52. The van der Waals surface area contributed by atoms with E-state index in [0.717, 1.165) is 38.9 Å². The second-order valence-electron chi connectivity index (χ2n) is 9.62. The highest BCUT2D eigenvalue weighted by Crippen LogP contribution is 2.42. The molecule has 1 aliphatic rings. The largest absolute Gasteiger partial charge is 0.507 e. The molecular formula is C31H43N2O6+. The predicted octanol–water partition coefficient (Wildman–Crippen LogP) is 4.01. The first-order chi connectivity index (χ1) is 18.9. The lowest BCUT2D eigenvalue weighted by molar-refractivity contribution is -0.896. The van der Waals surface area contributed by atoms with Crippen LogP contribution in [0.5, 0.6) is 17.2 Å². The quantitative estimate of drug-likeness (QED) is 0.154. The lowest BCUT2D eigenvalue weighted by atomic mass is 9.95. The van der Waals surface area contributed by atoms with E-state index in [2.05, 4.69) is 20.8 Å². The monoisotopic (exact) mass is 539 g/mol. The van der Waals surface area contributed by atoms with Gasteiger partial charge in [-0.2, -0.15) is 0 Å². The number of carbonyl (C=O) groups excluding carboxylic acids is 2. The molecular weight excluding hydrogens is 496 g/mol. The number of carbonyl (C=O) groups is 2. The van der Waals surface area contributed by atoms with Gasteiger partial charge in [0, 0.05) is 18.5 Å². The summed E-state index contributed by atoms with van der Waals surface area (Å²) < 4.78 is 17.0. The van der Waals surface area contributed by atoms with E-state index in [1.165, 1.54) is 4.90 Å². The number of methoxy groups -OCH3 is 1. The standard InChI is InChI=1S/C31H42N2O6/c1-6-10-20-39-24-15-12-22(13-16-24)29(34)27-28(23-14-17-25(38-9-4)26(21-23)37-5)33(31(36)30(27)35)19-11-18-32(7-2)8-3/h12-17,21,28,34H,6-11,18-20H2,1-5H3/p+1. The Morgan fingerprint density at radius 1 is 0.949 bits per heavy atom. The Morgan fingerprint density at radius 2 is 1.67 bits per heavy atom. The van der Waals surface area contributed by atoms with Crippen molar-refractivity contribution >= 4 is 17.4 Å². The zero-order valence-electron chi connectivity index (χ0n) is 23.9. The third kappa shape index (κ3) is 7.12. The molecule has 3 rings (SSSR count). The average Bonchev–Trinajstić information content (AvgIpc) is 3.21. The number of rotatable bonds is 15. The maximum absolute atomic E-state index is 13.4. The molecule has 0 bridgehead atoms. The van der Waals surface area contributed by atoms with Gasteiger partial charge in [0.25, 0.3) is 11.7 Å². The predicted molar refractivity (Wildman–Crippen MR) is 152 cm³/mol. The summed E-state index contributed by atoms with van der Waals surface area (Å²) in [5.74, 6) is 0.258. The van der Waals surface area contributed by atoms with Gasteiger partial charge in [0.05, 0.1) is 51.6 Å². The van der Waals surface area contributed by atoms with Crippen molar-refractivity contribution in [2.75, 3.05) is 46.5 Å². The fourth-order valence-electron chi connectivity index (χ4n) is 4.89. The molecule has 0 radical (unpaired) electrons. The second-order valence-corrected chi connectivity index (χ2v) is 9.62.